The summed E-state index contributed by atoms with van der Waals surface area (Å²) in [7, 11) is 0. The number of halogens is 3. The van der Waals surface area contributed by atoms with Crippen molar-refractivity contribution in [1.82, 2.24) is 0 Å². The van der Waals surface area contributed by atoms with Crippen molar-refractivity contribution in [1.29, 1.82) is 0 Å². The minimum Gasteiger partial charge on any atom is -0.494 e. The standard InChI is InChI=1S/C15H19F3O2/c1-4-20-14-8-7-12(15(16,17)18)9-13(14)10(2)5-6-11(3)19/h7-10H,4-6H2,1-3H3. The van der Waals surface area contributed by atoms with Gasteiger partial charge in [0.05, 0.1) is 12.2 Å². The highest BCUT2D eigenvalue weighted by Crippen LogP contribution is 2.36. The van der Waals surface area contributed by atoms with Gasteiger partial charge in [-0.05, 0) is 49.9 Å². The van der Waals surface area contributed by atoms with Crippen molar-refractivity contribution in [2.45, 2.75) is 45.7 Å². The molecule has 1 unspecified atom stereocenters. The van der Waals surface area contributed by atoms with E-state index in [0.29, 0.717) is 30.8 Å². The van der Waals surface area contributed by atoms with Gasteiger partial charge < -0.3 is 9.53 Å². The first-order valence-electron chi connectivity index (χ1n) is 6.59. The number of benzene rings is 1. The molecular weight excluding hydrogens is 269 g/mol. The van der Waals surface area contributed by atoms with Gasteiger partial charge in [-0.15, -0.1) is 0 Å². The molecule has 0 aliphatic rings. The smallest absolute Gasteiger partial charge is 0.416 e. The fourth-order valence-corrected chi connectivity index (χ4v) is 1.97. The van der Waals surface area contributed by atoms with Crippen molar-refractivity contribution in [2.24, 2.45) is 0 Å². The van der Waals surface area contributed by atoms with Crippen LogP contribution in [0, 0.1) is 0 Å². The Morgan fingerprint density at radius 1 is 1.35 bits per heavy atom. The maximum atomic E-state index is 12.8. The number of ether oxygens (including phenoxy) is 1. The summed E-state index contributed by atoms with van der Waals surface area (Å²) in [6.45, 7) is 5.45. The molecule has 1 atom stereocenters. The highest BCUT2D eigenvalue weighted by molar-refractivity contribution is 5.75. The van der Waals surface area contributed by atoms with Gasteiger partial charge in [0.15, 0.2) is 0 Å². The van der Waals surface area contributed by atoms with Crippen molar-refractivity contribution >= 4 is 5.78 Å². The monoisotopic (exact) mass is 288 g/mol. The normalized spacial score (nSPS) is 13.1. The molecule has 0 N–H and O–H groups in total. The zero-order valence-electron chi connectivity index (χ0n) is 11.9. The van der Waals surface area contributed by atoms with Crippen LogP contribution in [0.25, 0.3) is 0 Å². The van der Waals surface area contributed by atoms with Gasteiger partial charge >= 0.3 is 6.18 Å². The second kappa shape index (κ2) is 6.77. The first kappa shape index (κ1) is 16.5. The summed E-state index contributed by atoms with van der Waals surface area (Å²) in [6.07, 6.45) is -3.51. The third-order valence-corrected chi connectivity index (χ3v) is 3.10. The third kappa shape index (κ3) is 4.54. The fourth-order valence-electron chi connectivity index (χ4n) is 1.97. The van der Waals surface area contributed by atoms with Crippen molar-refractivity contribution in [3.05, 3.63) is 29.3 Å². The zero-order chi connectivity index (χ0) is 15.3. The van der Waals surface area contributed by atoms with E-state index >= 15 is 0 Å². The molecule has 112 valence electrons. The molecule has 0 fully saturated rings. The number of hydrogen-bond donors (Lipinski definition) is 0. The predicted molar refractivity (Wildman–Crippen MR) is 70.9 cm³/mol. The third-order valence-electron chi connectivity index (χ3n) is 3.10. The topological polar surface area (TPSA) is 26.3 Å². The van der Waals surface area contributed by atoms with Gasteiger partial charge in [0.25, 0.3) is 0 Å². The van der Waals surface area contributed by atoms with Gasteiger partial charge in [-0.1, -0.05) is 6.92 Å². The zero-order valence-corrected chi connectivity index (χ0v) is 11.9. The lowest BCUT2D eigenvalue weighted by Crippen LogP contribution is -2.08. The molecule has 0 saturated heterocycles. The van der Waals surface area contributed by atoms with Crippen LogP contribution in [-0.4, -0.2) is 12.4 Å². The maximum Gasteiger partial charge on any atom is 0.416 e. The lowest BCUT2D eigenvalue weighted by molar-refractivity contribution is -0.137. The number of rotatable bonds is 6. The number of carbonyl (C=O) groups is 1. The number of carbonyl (C=O) groups excluding carboxylic acids is 1. The SMILES string of the molecule is CCOc1ccc(C(F)(F)F)cc1C(C)CCC(C)=O. The first-order chi connectivity index (χ1) is 9.25. The maximum absolute atomic E-state index is 12.8. The molecule has 0 spiro atoms. The quantitative estimate of drug-likeness (QED) is 0.766. The van der Waals surface area contributed by atoms with E-state index in [0.717, 1.165) is 12.1 Å². The molecule has 0 radical (unpaired) electrons. The largest absolute Gasteiger partial charge is 0.494 e. The Morgan fingerprint density at radius 3 is 2.50 bits per heavy atom. The molecule has 1 aromatic rings. The van der Waals surface area contributed by atoms with Crippen LogP contribution in [0.2, 0.25) is 0 Å². The lowest BCUT2D eigenvalue weighted by Gasteiger charge is -2.18. The van der Waals surface area contributed by atoms with Gasteiger partial charge in [-0.25, -0.2) is 0 Å². The summed E-state index contributed by atoms with van der Waals surface area (Å²) >= 11 is 0. The molecule has 0 aliphatic carbocycles. The Bertz CT molecular complexity index is 467. The number of alkyl halides is 3. The van der Waals surface area contributed by atoms with Gasteiger partial charge in [-0.2, -0.15) is 13.2 Å². The molecule has 0 aliphatic heterocycles. The van der Waals surface area contributed by atoms with E-state index in [1.807, 2.05) is 0 Å². The fraction of sp³-hybridized carbons (Fsp3) is 0.533. The van der Waals surface area contributed by atoms with Crippen molar-refractivity contribution in [3.8, 4) is 5.75 Å². The van der Waals surface area contributed by atoms with E-state index < -0.39 is 11.7 Å². The van der Waals surface area contributed by atoms with Crippen LogP contribution in [0.1, 0.15) is 50.7 Å². The second-order valence-electron chi connectivity index (χ2n) is 4.83. The molecule has 0 saturated carbocycles. The lowest BCUT2D eigenvalue weighted by atomic mass is 9.93. The molecular formula is C15H19F3O2. The van der Waals surface area contributed by atoms with E-state index in [1.165, 1.54) is 13.0 Å². The van der Waals surface area contributed by atoms with Crippen molar-refractivity contribution < 1.29 is 22.7 Å². The Labute approximate surface area is 116 Å². The van der Waals surface area contributed by atoms with Crippen molar-refractivity contribution in [2.75, 3.05) is 6.61 Å². The van der Waals surface area contributed by atoms with E-state index in [4.69, 9.17) is 4.74 Å². The second-order valence-corrected chi connectivity index (χ2v) is 4.83. The summed E-state index contributed by atoms with van der Waals surface area (Å²) in [4.78, 5) is 11.0. The van der Waals surface area contributed by atoms with Crippen LogP contribution >= 0.6 is 0 Å². The highest BCUT2D eigenvalue weighted by Gasteiger charge is 2.31. The Hall–Kier alpha value is -1.52. The van der Waals surface area contributed by atoms with Crippen molar-refractivity contribution in [3.63, 3.8) is 0 Å². The summed E-state index contributed by atoms with van der Waals surface area (Å²) in [6, 6.07) is 3.49. The Kier molecular flexibility index (Phi) is 5.60. The molecule has 5 heteroatoms. The van der Waals surface area contributed by atoms with E-state index in [1.54, 1.807) is 13.8 Å². The van der Waals surface area contributed by atoms with Gasteiger partial charge in [0.1, 0.15) is 11.5 Å². The number of Topliss-reactive ketones (excluding diaryl/α,β-unsaturated/α-hetero) is 1. The number of hydrogen-bond acceptors (Lipinski definition) is 2. The summed E-state index contributed by atoms with van der Waals surface area (Å²) < 4.78 is 43.7. The summed E-state index contributed by atoms with van der Waals surface area (Å²) in [5, 5.41) is 0. The summed E-state index contributed by atoms with van der Waals surface area (Å²) in [5.74, 6) is 0.320. The molecule has 0 amide bonds. The minimum absolute atomic E-state index is 0.0294. The predicted octanol–water partition coefficient (Wildman–Crippen LogP) is 4.58. The molecule has 2 nitrogen and oxygen atoms in total. The Balaban J connectivity index is 3.07. The van der Waals surface area contributed by atoms with E-state index in [-0.39, 0.29) is 11.7 Å². The number of ketones is 1. The molecule has 1 aromatic carbocycles. The van der Waals surface area contributed by atoms with Gasteiger partial charge in [0.2, 0.25) is 0 Å². The van der Waals surface area contributed by atoms with Crippen LogP contribution in [0.5, 0.6) is 5.75 Å². The summed E-state index contributed by atoms with van der Waals surface area (Å²) in [5.41, 5.74) is -0.187. The van der Waals surface area contributed by atoms with Crippen LogP contribution in [0.4, 0.5) is 13.2 Å². The van der Waals surface area contributed by atoms with Crippen LogP contribution < -0.4 is 4.74 Å². The molecule has 0 heterocycles. The Morgan fingerprint density at radius 2 is 2.00 bits per heavy atom. The molecule has 0 aromatic heterocycles. The average molecular weight is 288 g/mol. The molecule has 20 heavy (non-hydrogen) atoms. The highest BCUT2D eigenvalue weighted by atomic mass is 19.4. The van der Waals surface area contributed by atoms with Crippen LogP contribution in [0.15, 0.2) is 18.2 Å². The minimum atomic E-state index is -4.38. The first-order valence-corrected chi connectivity index (χ1v) is 6.59. The van der Waals surface area contributed by atoms with E-state index in [2.05, 4.69) is 0 Å². The van der Waals surface area contributed by atoms with Crippen LogP contribution in [0.3, 0.4) is 0 Å². The average Bonchev–Trinajstić information content (AvgIpc) is 2.35. The molecule has 0 bridgehead atoms. The van der Waals surface area contributed by atoms with Gasteiger partial charge in [0, 0.05) is 6.42 Å². The van der Waals surface area contributed by atoms with Crippen LogP contribution in [-0.2, 0) is 11.0 Å². The molecule has 1 rings (SSSR count). The van der Waals surface area contributed by atoms with Gasteiger partial charge in [-0.3, -0.25) is 0 Å². The van der Waals surface area contributed by atoms with E-state index in [9.17, 15) is 18.0 Å².